The lowest BCUT2D eigenvalue weighted by Gasteiger charge is -2.35. The van der Waals surface area contributed by atoms with E-state index in [9.17, 15) is 4.39 Å². The number of fused-ring (bicyclic) bond motifs is 1. The van der Waals surface area contributed by atoms with Crippen molar-refractivity contribution in [2.45, 2.75) is 19.3 Å². The summed E-state index contributed by atoms with van der Waals surface area (Å²) in [6.07, 6.45) is 3.59. The molecule has 4 rings (SSSR count). The first kappa shape index (κ1) is 18.7. The van der Waals surface area contributed by atoms with Gasteiger partial charge in [0, 0.05) is 44.1 Å². The molecule has 0 amide bonds. The molecule has 0 radical (unpaired) electrons. The van der Waals surface area contributed by atoms with Crippen LogP contribution in [0, 0.1) is 5.82 Å². The summed E-state index contributed by atoms with van der Waals surface area (Å²) in [6.45, 7) is 5.41. The molecule has 5 nitrogen and oxygen atoms in total. The number of nitrogens with one attached hydrogen (secondary N) is 1. The molecule has 1 fully saturated rings. The largest absolute Gasteiger partial charge is 0.370 e. The van der Waals surface area contributed by atoms with Gasteiger partial charge in [-0.15, -0.1) is 0 Å². The molecule has 148 valence electrons. The highest BCUT2D eigenvalue weighted by Crippen LogP contribution is 2.24. The highest BCUT2D eigenvalue weighted by molar-refractivity contribution is 5.92. The molecule has 28 heavy (non-hydrogen) atoms. The van der Waals surface area contributed by atoms with Crippen LogP contribution in [-0.4, -0.2) is 50.1 Å². The molecule has 1 heterocycles. The molecule has 3 N–H and O–H groups in total. The zero-order valence-corrected chi connectivity index (χ0v) is 16.2. The number of benzene rings is 2. The van der Waals surface area contributed by atoms with Crippen molar-refractivity contribution in [2.24, 2.45) is 10.7 Å². The summed E-state index contributed by atoms with van der Waals surface area (Å²) >= 11 is 0. The maximum atomic E-state index is 13.1. The molecule has 2 aromatic carbocycles. The van der Waals surface area contributed by atoms with Crippen LogP contribution in [0.3, 0.4) is 0 Å². The van der Waals surface area contributed by atoms with E-state index in [0.717, 1.165) is 50.5 Å². The third kappa shape index (κ3) is 4.62. The van der Waals surface area contributed by atoms with Crippen molar-refractivity contribution >= 4 is 17.3 Å². The number of nitrogens with two attached hydrogens (primary N) is 1. The third-order valence-electron chi connectivity index (χ3n) is 5.63. The van der Waals surface area contributed by atoms with Gasteiger partial charge in [0.25, 0.3) is 0 Å². The fourth-order valence-corrected chi connectivity index (χ4v) is 4.03. The number of aryl methyl sites for hydroxylation is 2. The SMILES string of the molecule is NC(=NCCN1CCN(c2ccc(F)cc2)CC1)Nc1ccc2c(c1)CCC2. The summed E-state index contributed by atoms with van der Waals surface area (Å²) in [5.74, 6) is 0.286. The molecule has 0 aromatic heterocycles. The molecule has 2 aliphatic rings. The van der Waals surface area contributed by atoms with Gasteiger partial charge in [0.05, 0.1) is 6.54 Å². The molecule has 0 atom stereocenters. The van der Waals surface area contributed by atoms with Crippen molar-refractivity contribution < 1.29 is 4.39 Å². The maximum Gasteiger partial charge on any atom is 0.193 e. The Balaban J connectivity index is 1.21. The van der Waals surface area contributed by atoms with Gasteiger partial charge < -0.3 is 16.0 Å². The van der Waals surface area contributed by atoms with Crippen molar-refractivity contribution in [1.29, 1.82) is 0 Å². The molecule has 6 heteroatoms. The first-order valence-corrected chi connectivity index (χ1v) is 10.1. The van der Waals surface area contributed by atoms with E-state index in [0.29, 0.717) is 12.5 Å². The highest BCUT2D eigenvalue weighted by Gasteiger charge is 2.17. The van der Waals surface area contributed by atoms with Crippen LogP contribution in [0.5, 0.6) is 0 Å². The number of aliphatic imine (C=N–C) groups is 1. The molecule has 1 saturated heterocycles. The van der Waals surface area contributed by atoms with Crippen molar-refractivity contribution in [3.05, 3.63) is 59.4 Å². The molecule has 0 bridgehead atoms. The van der Waals surface area contributed by atoms with Crippen molar-refractivity contribution in [3.8, 4) is 0 Å². The van der Waals surface area contributed by atoms with E-state index in [1.54, 1.807) is 0 Å². The third-order valence-corrected chi connectivity index (χ3v) is 5.63. The number of guanidine groups is 1. The van der Waals surface area contributed by atoms with Crippen molar-refractivity contribution in [1.82, 2.24) is 4.90 Å². The normalized spacial score (nSPS) is 17.6. The Labute approximate surface area is 166 Å². The lowest BCUT2D eigenvalue weighted by Crippen LogP contribution is -2.47. The summed E-state index contributed by atoms with van der Waals surface area (Å²) in [4.78, 5) is 9.17. The van der Waals surface area contributed by atoms with Crippen LogP contribution < -0.4 is 16.0 Å². The van der Waals surface area contributed by atoms with Gasteiger partial charge in [-0.2, -0.15) is 0 Å². The fourth-order valence-electron chi connectivity index (χ4n) is 4.03. The van der Waals surface area contributed by atoms with Crippen LogP contribution in [0.2, 0.25) is 0 Å². The standard InChI is InChI=1S/C22H28FN5/c23-19-5-8-21(9-6-19)28-14-12-27(13-15-28)11-10-25-22(24)26-20-7-4-17-2-1-3-18(17)16-20/h4-9,16H,1-3,10-15H2,(H3,24,25,26). The van der Waals surface area contributed by atoms with Crippen LogP contribution in [-0.2, 0) is 12.8 Å². The van der Waals surface area contributed by atoms with Gasteiger partial charge in [-0.1, -0.05) is 6.07 Å². The van der Waals surface area contributed by atoms with Gasteiger partial charge in [0.1, 0.15) is 5.82 Å². The van der Waals surface area contributed by atoms with Gasteiger partial charge in [0.2, 0.25) is 0 Å². The highest BCUT2D eigenvalue weighted by atomic mass is 19.1. The van der Waals surface area contributed by atoms with E-state index in [2.05, 4.69) is 38.3 Å². The van der Waals surface area contributed by atoms with E-state index < -0.39 is 0 Å². The summed E-state index contributed by atoms with van der Waals surface area (Å²) in [7, 11) is 0. The summed E-state index contributed by atoms with van der Waals surface area (Å²) < 4.78 is 13.1. The van der Waals surface area contributed by atoms with Gasteiger partial charge in [-0.05, 0) is 66.8 Å². The minimum atomic E-state index is -0.189. The Morgan fingerprint density at radius 2 is 1.75 bits per heavy atom. The minimum Gasteiger partial charge on any atom is -0.370 e. The molecule has 1 aliphatic heterocycles. The Bertz CT molecular complexity index is 825. The average molecular weight is 381 g/mol. The Kier molecular flexibility index (Phi) is 5.76. The van der Waals surface area contributed by atoms with Crippen LogP contribution in [0.25, 0.3) is 0 Å². The van der Waals surface area contributed by atoms with E-state index in [4.69, 9.17) is 5.73 Å². The monoisotopic (exact) mass is 381 g/mol. The van der Waals surface area contributed by atoms with Crippen LogP contribution in [0.4, 0.5) is 15.8 Å². The number of nitrogens with zero attached hydrogens (tertiary/aromatic N) is 3. The molecule has 0 unspecified atom stereocenters. The number of anilines is 2. The minimum absolute atomic E-state index is 0.189. The number of hydrogen-bond donors (Lipinski definition) is 2. The topological polar surface area (TPSA) is 56.9 Å². The predicted molar refractivity (Wildman–Crippen MR) is 114 cm³/mol. The molecular weight excluding hydrogens is 353 g/mol. The van der Waals surface area contributed by atoms with Gasteiger partial charge in [-0.25, -0.2) is 4.39 Å². The van der Waals surface area contributed by atoms with E-state index in [1.165, 1.54) is 36.1 Å². The van der Waals surface area contributed by atoms with Gasteiger partial charge in [-0.3, -0.25) is 9.89 Å². The summed E-state index contributed by atoms with van der Waals surface area (Å²) in [6, 6.07) is 13.2. The van der Waals surface area contributed by atoms with Gasteiger partial charge >= 0.3 is 0 Å². The van der Waals surface area contributed by atoms with E-state index in [1.807, 2.05) is 12.1 Å². The second-order valence-corrected chi connectivity index (χ2v) is 7.53. The second kappa shape index (κ2) is 8.61. The zero-order chi connectivity index (χ0) is 19.3. The van der Waals surface area contributed by atoms with Crippen LogP contribution in [0.1, 0.15) is 17.5 Å². The summed E-state index contributed by atoms with van der Waals surface area (Å²) in [5.41, 5.74) is 11.1. The maximum absolute atomic E-state index is 13.1. The number of piperazine rings is 1. The number of hydrogen-bond acceptors (Lipinski definition) is 3. The Morgan fingerprint density at radius 1 is 1.00 bits per heavy atom. The smallest absolute Gasteiger partial charge is 0.193 e. The number of rotatable bonds is 5. The Morgan fingerprint density at radius 3 is 2.54 bits per heavy atom. The Hall–Kier alpha value is -2.60. The quantitative estimate of drug-likeness (QED) is 0.618. The average Bonchev–Trinajstić information content (AvgIpc) is 3.17. The fraction of sp³-hybridized carbons (Fsp3) is 0.409. The van der Waals surface area contributed by atoms with Crippen LogP contribution in [0.15, 0.2) is 47.5 Å². The van der Waals surface area contributed by atoms with Crippen LogP contribution >= 0.6 is 0 Å². The van der Waals surface area contributed by atoms with E-state index in [-0.39, 0.29) is 5.82 Å². The predicted octanol–water partition coefficient (Wildman–Crippen LogP) is 2.86. The molecule has 0 saturated carbocycles. The van der Waals surface area contributed by atoms with Crippen molar-refractivity contribution in [3.63, 3.8) is 0 Å². The van der Waals surface area contributed by atoms with Gasteiger partial charge in [0.15, 0.2) is 5.96 Å². The molecule has 2 aromatic rings. The lowest BCUT2D eigenvalue weighted by molar-refractivity contribution is 0.265. The van der Waals surface area contributed by atoms with Crippen molar-refractivity contribution in [2.75, 3.05) is 49.5 Å². The first-order valence-electron chi connectivity index (χ1n) is 10.1. The molecular formula is C22H28FN5. The van der Waals surface area contributed by atoms with E-state index >= 15 is 0 Å². The zero-order valence-electron chi connectivity index (χ0n) is 16.2. The molecule has 0 spiro atoms. The second-order valence-electron chi connectivity index (χ2n) is 7.53. The lowest BCUT2D eigenvalue weighted by atomic mass is 10.1. The first-order chi connectivity index (χ1) is 13.7. The number of halogens is 1. The summed E-state index contributed by atoms with van der Waals surface area (Å²) in [5, 5.41) is 3.21. The molecule has 1 aliphatic carbocycles.